The Morgan fingerprint density at radius 1 is 1.38 bits per heavy atom. The minimum absolute atomic E-state index is 0.688. The molecule has 0 spiro atoms. The molecule has 92 valence electrons. The molecule has 0 saturated carbocycles. The first-order valence-electron chi connectivity index (χ1n) is 6.34. The predicted molar refractivity (Wildman–Crippen MR) is 69.8 cm³/mol. The maximum atomic E-state index is 5.53. The van der Waals surface area contributed by atoms with Gasteiger partial charge in [0.15, 0.2) is 0 Å². The van der Waals surface area contributed by atoms with Gasteiger partial charge >= 0.3 is 0 Å². The van der Waals surface area contributed by atoms with Gasteiger partial charge in [0.1, 0.15) is 0 Å². The van der Waals surface area contributed by atoms with Crippen molar-refractivity contribution in [2.75, 3.05) is 32.8 Å². The van der Waals surface area contributed by atoms with Crippen LogP contribution in [-0.2, 0) is 4.74 Å². The molecule has 4 heteroatoms. The second-order valence-electron chi connectivity index (χ2n) is 4.95. The summed E-state index contributed by atoms with van der Waals surface area (Å²) in [4.78, 5) is 3.46. The van der Waals surface area contributed by atoms with Crippen LogP contribution in [0.1, 0.15) is 26.2 Å². The third kappa shape index (κ3) is 3.40. The summed E-state index contributed by atoms with van der Waals surface area (Å²) in [6, 6.07) is 0.688. The van der Waals surface area contributed by atoms with E-state index in [9.17, 15) is 0 Å². The first kappa shape index (κ1) is 12.3. The Hall–Kier alpha value is -0.190. The van der Waals surface area contributed by atoms with Crippen molar-refractivity contribution in [2.45, 2.75) is 32.2 Å². The first-order chi connectivity index (χ1) is 7.75. The van der Waals surface area contributed by atoms with Crippen molar-refractivity contribution in [1.82, 2.24) is 10.2 Å². The monoisotopic (exact) mass is 242 g/mol. The van der Waals surface area contributed by atoms with E-state index in [4.69, 9.17) is 17.0 Å². The molecule has 2 fully saturated rings. The number of thiocarbonyl (C=S) groups is 1. The highest BCUT2D eigenvalue weighted by atomic mass is 32.1. The minimum atomic E-state index is 0.688. The molecule has 2 heterocycles. The Kier molecular flexibility index (Phi) is 4.55. The number of rotatable bonds is 2. The summed E-state index contributed by atoms with van der Waals surface area (Å²) >= 11 is 5.53. The van der Waals surface area contributed by atoms with Crippen LogP contribution >= 0.6 is 12.2 Å². The third-order valence-corrected chi connectivity index (χ3v) is 4.01. The van der Waals surface area contributed by atoms with Gasteiger partial charge in [-0.15, -0.1) is 0 Å². The molecule has 16 heavy (non-hydrogen) atoms. The lowest BCUT2D eigenvalue weighted by Crippen LogP contribution is -2.43. The number of piperidine rings is 1. The van der Waals surface area contributed by atoms with Crippen LogP contribution in [0.15, 0.2) is 0 Å². The Morgan fingerprint density at radius 2 is 2.12 bits per heavy atom. The lowest BCUT2D eigenvalue weighted by Gasteiger charge is -2.33. The van der Waals surface area contributed by atoms with Crippen molar-refractivity contribution in [3.8, 4) is 0 Å². The minimum Gasteiger partial charge on any atom is -0.378 e. The molecule has 3 nitrogen and oxygen atoms in total. The highest BCUT2D eigenvalue weighted by Gasteiger charge is 2.21. The fraction of sp³-hybridized carbons (Fsp3) is 0.917. The van der Waals surface area contributed by atoms with E-state index in [0.29, 0.717) is 6.04 Å². The molecule has 0 aromatic heterocycles. The summed E-state index contributed by atoms with van der Waals surface area (Å²) < 4.78 is 5.34. The van der Waals surface area contributed by atoms with Gasteiger partial charge in [0, 0.05) is 25.6 Å². The number of nitrogens with zero attached hydrogens (tertiary/aromatic N) is 1. The highest BCUT2D eigenvalue weighted by molar-refractivity contribution is 7.80. The lowest BCUT2D eigenvalue weighted by molar-refractivity contribution is 0.0677. The van der Waals surface area contributed by atoms with Gasteiger partial charge in [0.2, 0.25) is 0 Å². The number of hydrogen-bond acceptors (Lipinski definition) is 3. The van der Waals surface area contributed by atoms with Gasteiger partial charge in [-0.2, -0.15) is 0 Å². The van der Waals surface area contributed by atoms with Crippen LogP contribution < -0.4 is 5.32 Å². The Bertz CT molecular complexity index is 233. The third-order valence-electron chi connectivity index (χ3n) is 3.59. The van der Waals surface area contributed by atoms with Crippen molar-refractivity contribution >= 4 is 17.2 Å². The van der Waals surface area contributed by atoms with E-state index in [1.54, 1.807) is 0 Å². The zero-order valence-electron chi connectivity index (χ0n) is 10.1. The largest absolute Gasteiger partial charge is 0.378 e. The molecule has 2 aliphatic heterocycles. The SMILES string of the molecule is CC1CCC(CC(=S)N2CCOCC2)CN1. The van der Waals surface area contributed by atoms with Crippen LogP contribution in [0.4, 0.5) is 0 Å². The molecule has 2 saturated heterocycles. The van der Waals surface area contributed by atoms with Gasteiger partial charge in [0.25, 0.3) is 0 Å². The fourth-order valence-corrected chi connectivity index (χ4v) is 2.84. The average Bonchev–Trinajstić information content (AvgIpc) is 2.33. The van der Waals surface area contributed by atoms with E-state index < -0.39 is 0 Å². The van der Waals surface area contributed by atoms with Crippen LogP contribution in [0.2, 0.25) is 0 Å². The summed E-state index contributed by atoms with van der Waals surface area (Å²) in [6.45, 7) is 7.02. The van der Waals surface area contributed by atoms with E-state index in [1.165, 1.54) is 12.8 Å². The van der Waals surface area contributed by atoms with Gasteiger partial charge < -0.3 is 15.0 Å². The number of nitrogens with one attached hydrogen (secondary N) is 1. The summed E-state index contributed by atoms with van der Waals surface area (Å²) in [5.41, 5.74) is 0. The van der Waals surface area contributed by atoms with Crippen molar-refractivity contribution in [3.63, 3.8) is 0 Å². The summed E-state index contributed by atoms with van der Waals surface area (Å²) in [6.07, 6.45) is 3.68. The molecule has 2 unspecified atom stereocenters. The van der Waals surface area contributed by atoms with Crippen LogP contribution in [-0.4, -0.2) is 48.8 Å². The molecule has 0 aromatic rings. The predicted octanol–water partition coefficient (Wildman–Crippen LogP) is 1.42. The van der Waals surface area contributed by atoms with Crippen molar-refractivity contribution in [3.05, 3.63) is 0 Å². The van der Waals surface area contributed by atoms with E-state index in [1.807, 2.05) is 0 Å². The van der Waals surface area contributed by atoms with Gasteiger partial charge in [-0.1, -0.05) is 12.2 Å². The van der Waals surface area contributed by atoms with Crippen LogP contribution in [0.25, 0.3) is 0 Å². The molecule has 0 bridgehead atoms. The van der Waals surface area contributed by atoms with Gasteiger partial charge in [-0.05, 0) is 32.2 Å². The van der Waals surface area contributed by atoms with E-state index in [0.717, 1.165) is 50.2 Å². The lowest BCUT2D eigenvalue weighted by atomic mass is 9.92. The molecular weight excluding hydrogens is 220 g/mol. The van der Waals surface area contributed by atoms with Crippen molar-refractivity contribution in [2.24, 2.45) is 5.92 Å². The molecule has 2 atom stereocenters. The zero-order chi connectivity index (χ0) is 11.4. The second-order valence-corrected chi connectivity index (χ2v) is 5.42. The van der Waals surface area contributed by atoms with Crippen LogP contribution in [0.3, 0.4) is 0 Å². The fourth-order valence-electron chi connectivity index (χ4n) is 2.42. The van der Waals surface area contributed by atoms with Crippen molar-refractivity contribution in [1.29, 1.82) is 0 Å². The van der Waals surface area contributed by atoms with E-state index >= 15 is 0 Å². The quantitative estimate of drug-likeness (QED) is 0.740. The number of hydrogen-bond donors (Lipinski definition) is 1. The Morgan fingerprint density at radius 3 is 2.75 bits per heavy atom. The summed E-state index contributed by atoms with van der Waals surface area (Å²) in [7, 11) is 0. The summed E-state index contributed by atoms with van der Waals surface area (Å²) in [5, 5.41) is 3.54. The molecule has 2 rings (SSSR count). The maximum absolute atomic E-state index is 5.53. The van der Waals surface area contributed by atoms with E-state index in [-0.39, 0.29) is 0 Å². The standard InChI is InChI=1S/C12H22N2OS/c1-10-2-3-11(9-13-10)8-12(16)14-4-6-15-7-5-14/h10-11,13H,2-9H2,1H3. The second kappa shape index (κ2) is 5.94. The first-order valence-corrected chi connectivity index (χ1v) is 6.75. The smallest absolute Gasteiger partial charge is 0.0784 e. The average molecular weight is 242 g/mol. The molecule has 1 N–H and O–H groups in total. The van der Waals surface area contributed by atoms with Crippen molar-refractivity contribution < 1.29 is 4.74 Å². The molecule has 0 aliphatic carbocycles. The topological polar surface area (TPSA) is 24.5 Å². The maximum Gasteiger partial charge on any atom is 0.0784 e. The van der Waals surface area contributed by atoms with Gasteiger partial charge in [-0.25, -0.2) is 0 Å². The van der Waals surface area contributed by atoms with Gasteiger partial charge in [0.05, 0.1) is 18.2 Å². The molecule has 0 aromatic carbocycles. The number of ether oxygens (including phenoxy) is 1. The summed E-state index contributed by atoms with van der Waals surface area (Å²) in [5.74, 6) is 0.742. The van der Waals surface area contributed by atoms with Crippen LogP contribution in [0, 0.1) is 5.92 Å². The number of morpholine rings is 1. The molecular formula is C12H22N2OS. The molecule has 0 radical (unpaired) electrons. The van der Waals surface area contributed by atoms with E-state index in [2.05, 4.69) is 17.1 Å². The zero-order valence-corrected chi connectivity index (χ0v) is 10.9. The molecule has 2 aliphatic rings. The Balaban J connectivity index is 1.73. The normalized spacial score (nSPS) is 31.4. The Labute approximate surface area is 104 Å². The van der Waals surface area contributed by atoms with Crippen LogP contribution in [0.5, 0.6) is 0 Å². The van der Waals surface area contributed by atoms with Gasteiger partial charge in [-0.3, -0.25) is 0 Å². The highest BCUT2D eigenvalue weighted by Crippen LogP contribution is 2.19. The molecule has 0 amide bonds.